The average Bonchev–Trinajstić information content (AvgIpc) is 2.66. The molecule has 0 aliphatic heterocycles. The Hall–Kier alpha value is -0.800. The van der Waals surface area contributed by atoms with Gasteiger partial charge >= 0.3 is 0 Å². The summed E-state index contributed by atoms with van der Waals surface area (Å²) in [4.78, 5) is 2.42. The number of furan rings is 1. The molecule has 1 aliphatic rings. The Bertz CT molecular complexity index is 367. The highest BCUT2D eigenvalue weighted by Crippen LogP contribution is 2.28. The van der Waals surface area contributed by atoms with E-state index >= 15 is 0 Å². The van der Waals surface area contributed by atoms with Gasteiger partial charge in [-0.1, -0.05) is 25.7 Å². The molecule has 0 radical (unpaired) electrons. The topological polar surface area (TPSA) is 42.4 Å². The smallest absolute Gasteiger partial charge is 0.105 e. The molecule has 0 aromatic carbocycles. The van der Waals surface area contributed by atoms with Gasteiger partial charge in [-0.15, -0.1) is 0 Å². The first-order valence-electron chi connectivity index (χ1n) is 7.65. The zero-order valence-corrected chi connectivity index (χ0v) is 12.4. The van der Waals surface area contributed by atoms with Crippen LogP contribution in [-0.2, 0) is 6.54 Å². The molecule has 1 aromatic heterocycles. The van der Waals surface area contributed by atoms with Crippen LogP contribution >= 0.6 is 0 Å². The third kappa shape index (κ3) is 3.83. The summed E-state index contributed by atoms with van der Waals surface area (Å²) >= 11 is 0. The molecule has 1 saturated carbocycles. The van der Waals surface area contributed by atoms with E-state index in [1.165, 1.54) is 44.1 Å². The minimum atomic E-state index is 0.507. The van der Waals surface area contributed by atoms with Gasteiger partial charge in [0, 0.05) is 24.7 Å². The standard InChI is InChI=1S/C16H28N2O/c1-13-15(9-10-19-13)12-18(2)16(11-17)14-7-5-3-4-6-8-14/h9-10,14,16H,3-8,11-12,17H2,1-2H3. The van der Waals surface area contributed by atoms with Crippen molar-refractivity contribution in [3.05, 3.63) is 23.7 Å². The Balaban J connectivity index is 1.97. The van der Waals surface area contributed by atoms with Crippen molar-refractivity contribution in [2.45, 2.75) is 58.0 Å². The summed E-state index contributed by atoms with van der Waals surface area (Å²) in [6, 6.07) is 2.58. The number of hydrogen-bond acceptors (Lipinski definition) is 3. The van der Waals surface area contributed by atoms with Gasteiger partial charge in [0.2, 0.25) is 0 Å². The molecule has 2 rings (SSSR count). The third-order valence-electron chi connectivity index (χ3n) is 4.64. The second-order valence-corrected chi connectivity index (χ2v) is 5.97. The molecule has 1 fully saturated rings. The van der Waals surface area contributed by atoms with Gasteiger partial charge in [0.15, 0.2) is 0 Å². The van der Waals surface area contributed by atoms with E-state index < -0.39 is 0 Å². The van der Waals surface area contributed by atoms with Gasteiger partial charge in [0.25, 0.3) is 0 Å². The number of rotatable bonds is 5. The monoisotopic (exact) mass is 264 g/mol. The molecule has 3 nitrogen and oxygen atoms in total. The summed E-state index contributed by atoms with van der Waals surface area (Å²) in [5.74, 6) is 1.80. The van der Waals surface area contributed by atoms with Crippen LogP contribution in [0.4, 0.5) is 0 Å². The molecule has 1 unspecified atom stereocenters. The number of hydrogen-bond donors (Lipinski definition) is 1. The lowest BCUT2D eigenvalue weighted by Gasteiger charge is -2.33. The zero-order chi connectivity index (χ0) is 13.7. The molecule has 108 valence electrons. The van der Waals surface area contributed by atoms with Gasteiger partial charge in [-0.25, -0.2) is 0 Å². The SMILES string of the molecule is Cc1occc1CN(C)C(CN)C1CCCCCC1. The molecule has 0 amide bonds. The minimum absolute atomic E-state index is 0.507. The molecule has 0 saturated heterocycles. The Morgan fingerprint density at radius 3 is 2.53 bits per heavy atom. The lowest BCUT2D eigenvalue weighted by molar-refractivity contribution is 0.159. The van der Waals surface area contributed by atoms with E-state index in [1.807, 2.05) is 6.92 Å². The summed E-state index contributed by atoms with van der Waals surface area (Å²) in [6.07, 6.45) is 10.0. The molecule has 19 heavy (non-hydrogen) atoms. The largest absolute Gasteiger partial charge is 0.469 e. The van der Waals surface area contributed by atoms with E-state index in [-0.39, 0.29) is 0 Å². The van der Waals surface area contributed by atoms with Crippen LogP contribution < -0.4 is 5.73 Å². The second-order valence-electron chi connectivity index (χ2n) is 5.97. The average molecular weight is 264 g/mol. The number of likely N-dealkylation sites (N-methyl/N-ethyl adjacent to an activating group) is 1. The van der Waals surface area contributed by atoms with Gasteiger partial charge in [0.05, 0.1) is 6.26 Å². The Kier molecular flexibility index (Phi) is 5.46. The van der Waals surface area contributed by atoms with Crippen molar-refractivity contribution in [2.75, 3.05) is 13.6 Å². The van der Waals surface area contributed by atoms with Crippen molar-refractivity contribution in [1.82, 2.24) is 4.90 Å². The highest BCUT2D eigenvalue weighted by molar-refractivity contribution is 5.15. The summed E-state index contributed by atoms with van der Waals surface area (Å²) < 4.78 is 5.39. The quantitative estimate of drug-likeness (QED) is 0.830. The van der Waals surface area contributed by atoms with Gasteiger partial charge in [-0.2, -0.15) is 0 Å². The van der Waals surface area contributed by atoms with E-state index in [0.29, 0.717) is 6.04 Å². The predicted molar refractivity (Wildman–Crippen MR) is 78.9 cm³/mol. The van der Waals surface area contributed by atoms with Crippen LogP contribution in [0.15, 0.2) is 16.7 Å². The van der Waals surface area contributed by atoms with Gasteiger partial charge in [-0.3, -0.25) is 4.90 Å². The maximum Gasteiger partial charge on any atom is 0.105 e. The normalized spacial score (nSPS) is 19.6. The molecule has 1 heterocycles. The molecular weight excluding hydrogens is 236 g/mol. The van der Waals surface area contributed by atoms with Crippen molar-refractivity contribution < 1.29 is 4.42 Å². The first kappa shape index (κ1) is 14.6. The van der Waals surface area contributed by atoms with Crippen molar-refractivity contribution in [1.29, 1.82) is 0 Å². The molecule has 3 heteroatoms. The highest BCUT2D eigenvalue weighted by Gasteiger charge is 2.25. The molecular formula is C16H28N2O. The lowest BCUT2D eigenvalue weighted by atomic mass is 9.90. The van der Waals surface area contributed by atoms with Gasteiger partial charge < -0.3 is 10.2 Å². The van der Waals surface area contributed by atoms with Gasteiger partial charge in [-0.05, 0) is 38.8 Å². The van der Waals surface area contributed by atoms with Crippen LogP contribution in [0.1, 0.15) is 49.8 Å². The van der Waals surface area contributed by atoms with E-state index in [4.69, 9.17) is 10.2 Å². The maximum atomic E-state index is 6.06. The van der Waals surface area contributed by atoms with E-state index in [0.717, 1.165) is 24.8 Å². The van der Waals surface area contributed by atoms with Crippen molar-refractivity contribution in [2.24, 2.45) is 11.7 Å². The van der Waals surface area contributed by atoms with E-state index in [9.17, 15) is 0 Å². The fourth-order valence-corrected chi connectivity index (χ4v) is 3.39. The molecule has 1 atom stereocenters. The third-order valence-corrected chi connectivity index (χ3v) is 4.64. The summed E-state index contributed by atoms with van der Waals surface area (Å²) in [7, 11) is 2.20. The molecule has 1 aromatic rings. The second kappa shape index (κ2) is 7.11. The fraction of sp³-hybridized carbons (Fsp3) is 0.750. The maximum absolute atomic E-state index is 6.06. The predicted octanol–water partition coefficient (Wildman–Crippen LogP) is 3.32. The Labute approximate surface area is 117 Å². The lowest BCUT2D eigenvalue weighted by Crippen LogP contribution is -2.43. The number of nitrogens with zero attached hydrogens (tertiary/aromatic N) is 1. The molecule has 2 N–H and O–H groups in total. The minimum Gasteiger partial charge on any atom is -0.469 e. The highest BCUT2D eigenvalue weighted by atomic mass is 16.3. The van der Waals surface area contributed by atoms with Crippen LogP contribution in [0, 0.1) is 12.8 Å². The number of nitrogens with two attached hydrogens (primary N) is 1. The molecule has 1 aliphatic carbocycles. The van der Waals surface area contributed by atoms with Crippen LogP contribution in [0.2, 0.25) is 0 Å². The Morgan fingerprint density at radius 1 is 1.32 bits per heavy atom. The summed E-state index contributed by atoms with van der Waals surface area (Å²) in [6.45, 7) is 3.74. The van der Waals surface area contributed by atoms with Crippen molar-refractivity contribution in [3.63, 3.8) is 0 Å². The van der Waals surface area contributed by atoms with Crippen LogP contribution in [0.3, 0.4) is 0 Å². The summed E-state index contributed by atoms with van der Waals surface area (Å²) in [5.41, 5.74) is 7.34. The molecule has 0 bridgehead atoms. The fourth-order valence-electron chi connectivity index (χ4n) is 3.39. The zero-order valence-electron chi connectivity index (χ0n) is 12.4. The van der Waals surface area contributed by atoms with Crippen LogP contribution in [0.25, 0.3) is 0 Å². The van der Waals surface area contributed by atoms with E-state index in [1.54, 1.807) is 6.26 Å². The Morgan fingerprint density at radius 2 is 2.00 bits per heavy atom. The first-order chi connectivity index (χ1) is 9.22. The van der Waals surface area contributed by atoms with Gasteiger partial charge in [0.1, 0.15) is 5.76 Å². The van der Waals surface area contributed by atoms with Crippen LogP contribution in [-0.4, -0.2) is 24.5 Å². The molecule has 0 spiro atoms. The number of aryl methyl sites for hydroxylation is 1. The van der Waals surface area contributed by atoms with Crippen molar-refractivity contribution in [3.8, 4) is 0 Å². The van der Waals surface area contributed by atoms with E-state index in [2.05, 4.69) is 18.0 Å². The summed E-state index contributed by atoms with van der Waals surface area (Å²) in [5, 5.41) is 0. The van der Waals surface area contributed by atoms with Crippen LogP contribution in [0.5, 0.6) is 0 Å². The van der Waals surface area contributed by atoms with Crippen molar-refractivity contribution >= 4 is 0 Å². The first-order valence-corrected chi connectivity index (χ1v) is 7.65.